The van der Waals surface area contributed by atoms with Gasteiger partial charge in [-0.25, -0.2) is 4.98 Å². The number of hydrogen-bond acceptors (Lipinski definition) is 5. The Labute approximate surface area is 158 Å². The van der Waals surface area contributed by atoms with Gasteiger partial charge in [-0.15, -0.1) is 6.42 Å². The summed E-state index contributed by atoms with van der Waals surface area (Å²) < 4.78 is 5.71. The summed E-state index contributed by atoms with van der Waals surface area (Å²) in [7, 11) is 0. The number of terminal acetylenes is 1. The molecule has 6 nitrogen and oxygen atoms in total. The predicted octanol–water partition coefficient (Wildman–Crippen LogP) is 3.18. The van der Waals surface area contributed by atoms with Crippen molar-refractivity contribution >= 4 is 5.97 Å². The zero-order valence-electron chi connectivity index (χ0n) is 15.2. The molecule has 0 aliphatic rings. The van der Waals surface area contributed by atoms with Crippen molar-refractivity contribution in [2.45, 2.75) is 25.3 Å². The van der Waals surface area contributed by atoms with Gasteiger partial charge in [-0.2, -0.15) is 5.26 Å². The highest BCUT2D eigenvalue weighted by Gasteiger charge is 2.50. The molecule has 1 aromatic heterocycles. The van der Waals surface area contributed by atoms with E-state index in [2.05, 4.69) is 22.3 Å². The van der Waals surface area contributed by atoms with Crippen LogP contribution in [0.1, 0.15) is 25.5 Å². The average Bonchev–Trinajstić information content (AvgIpc) is 2.65. The van der Waals surface area contributed by atoms with Crippen molar-refractivity contribution in [2.24, 2.45) is 5.92 Å². The Bertz CT molecular complexity index is 868. The average molecular weight is 363 g/mol. The van der Waals surface area contributed by atoms with Crippen LogP contribution >= 0.6 is 0 Å². The van der Waals surface area contributed by atoms with E-state index >= 15 is 0 Å². The Balaban J connectivity index is 2.45. The summed E-state index contributed by atoms with van der Waals surface area (Å²) in [6.45, 7) is 3.47. The second-order valence-electron chi connectivity index (χ2n) is 6.26. The maximum atomic E-state index is 12.2. The van der Waals surface area contributed by atoms with Crippen molar-refractivity contribution in [3.05, 3.63) is 54.2 Å². The third kappa shape index (κ3) is 4.25. The zero-order valence-corrected chi connectivity index (χ0v) is 15.2. The van der Waals surface area contributed by atoms with E-state index in [4.69, 9.17) is 11.2 Å². The van der Waals surface area contributed by atoms with E-state index in [0.717, 1.165) is 0 Å². The Kier molecular flexibility index (Phi) is 6.54. The van der Waals surface area contributed by atoms with E-state index in [0.29, 0.717) is 11.4 Å². The number of pyridine rings is 1. The van der Waals surface area contributed by atoms with E-state index in [9.17, 15) is 15.2 Å². The summed E-state index contributed by atoms with van der Waals surface area (Å²) in [5.74, 6) is 0.601. The molecule has 138 valence electrons. The molecule has 0 bridgehead atoms. The number of carboxylic acids is 1. The molecular formula is C21H21N3O3. The number of nitriles is 1. The number of ether oxygens (including phenoxy) is 1. The molecule has 2 rings (SSSR count). The summed E-state index contributed by atoms with van der Waals surface area (Å²) in [5.41, 5.74) is -1.29. The molecule has 0 saturated carbocycles. The number of para-hydroxylation sites is 1. The van der Waals surface area contributed by atoms with Crippen LogP contribution in [0.25, 0.3) is 0 Å². The van der Waals surface area contributed by atoms with Crippen LogP contribution in [0.4, 0.5) is 0 Å². The number of rotatable bonds is 8. The quantitative estimate of drug-likeness (QED) is 0.700. The molecule has 0 saturated heterocycles. The van der Waals surface area contributed by atoms with E-state index in [1.807, 2.05) is 18.2 Å². The standard InChI is InChI=1S/C21H21N3O3/c1-4-13-23-21(15(2)3,20(25)26)17(14-22)18-11-8-12-19(24-18)27-16-9-6-5-7-10-16/h1,5-12,15,17,23H,13H2,2-3H3,(H,25,26). The SMILES string of the molecule is C#CCNC(C(=O)O)(C(C)C)C(C#N)c1cccc(Oc2ccccc2)n1. The molecular weight excluding hydrogens is 342 g/mol. The van der Waals surface area contributed by atoms with Gasteiger partial charge in [0.1, 0.15) is 17.2 Å². The number of hydrogen-bond donors (Lipinski definition) is 2. The number of nitrogens with one attached hydrogen (secondary N) is 1. The van der Waals surface area contributed by atoms with Crippen molar-refractivity contribution in [1.29, 1.82) is 5.26 Å². The maximum absolute atomic E-state index is 12.2. The smallest absolute Gasteiger partial charge is 0.325 e. The molecule has 0 fully saturated rings. The normalized spacial score (nSPS) is 13.8. The fourth-order valence-corrected chi connectivity index (χ4v) is 2.94. The Hall–Kier alpha value is -3.35. The van der Waals surface area contributed by atoms with Gasteiger partial charge < -0.3 is 9.84 Å². The number of carboxylic acid groups (broad SMARTS) is 1. The van der Waals surface area contributed by atoms with E-state index in [-0.39, 0.29) is 12.4 Å². The Morgan fingerprint density at radius 3 is 2.56 bits per heavy atom. The molecule has 2 atom stereocenters. The topological polar surface area (TPSA) is 95.2 Å². The molecule has 1 aromatic carbocycles. The van der Waals surface area contributed by atoms with Gasteiger partial charge in [0.15, 0.2) is 0 Å². The molecule has 0 radical (unpaired) electrons. The largest absolute Gasteiger partial charge is 0.480 e. The number of benzene rings is 1. The highest BCUT2D eigenvalue weighted by Crippen LogP contribution is 2.35. The third-order valence-electron chi connectivity index (χ3n) is 4.34. The van der Waals surface area contributed by atoms with Gasteiger partial charge in [0.05, 0.1) is 18.3 Å². The van der Waals surface area contributed by atoms with Gasteiger partial charge in [-0.1, -0.05) is 44.0 Å². The lowest BCUT2D eigenvalue weighted by Crippen LogP contribution is -2.60. The van der Waals surface area contributed by atoms with Crippen molar-refractivity contribution in [2.75, 3.05) is 6.54 Å². The summed E-state index contributed by atoms with van der Waals surface area (Å²) >= 11 is 0. The van der Waals surface area contributed by atoms with Crippen molar-refractivity contribution in [3.8, 4) is 30.0 Å². The van der Waals surface area contributed by atoms with Crippen molar-refractivity contribution < 1.29 is 14.6 Å². The molecule has 2 N–H and O–H groups in total. The van der Waals surface area contributed by atoms with Crippen LogP contribution in [-0.2, 0) is 4.79 Å². The van der Waals surface area contributed by atoms with Crippen LogP contribution in [0.2, 0.25) is 0 Å². The second kappa shape index (κ2) is 8.84. The van der Waals surface area contributed by atoms with Crippen LogP contribution in [-0.4, -0.2) is 28.1 Å². The number of aromatic nitrogens is 1. The Morgan fingerprint density at radius 1 is 1.30 bits per heavy atom. The minimum Gasteiger partial charge on any atom is -0.480 e. The summed E-state index contributed by atoms with van der Waals surface area (Å²) in [5, 5.41) is 22.6. The first-order chi connectivity index (χ1) is 13.0. The van der Waals surface area contributed by atoms with Gasteiger partial charge >= 0.3 is 5.97 Å². The molecule has 0 amide bonds. The minimum absolute atomic E-state index is 0.0167. The fraction of sp³-hybridized carbons (Fsp3) is 0.286. The highest BCUT2D eigenvalue weighted by atomic mass is 16.5. The van der Waals surface area contributed by atoms with Gasteiger partial charge in [-0.05, 0) is 24.1 Å². The van der Waals surface area contributed by atoms with Crippen LogP contribution in [0.3, 0.4) is 0 Å². The van der Waals surface area contributed by atoms with Crippen molar-refractivity contribution in [1.82, 2.24) is 10.3 Å². The summed E-state index contributed by atoms with van der Waals surface area (Å²) in [4.78, 5) is 16.6. The van der Waals surface area contributed by atoms with E-state index in [1.54, 1.807) is 44.2 Å². The number of nitrogens with zero attached hydrogens (tertiary/aromatic N) is 2. The van der Waals surface area contributed by atoms with Gasteiger partial charge in [0.2, 0.25) is 5.88 Å². The van der Waals surface area contributed by atoms with Gasteiger partial charge in [-0.3, -0.25) is 10.1 Å². The molecule has 0 aliphatic heterocycles. The molecule has 27 heavy (non-hydrogen) atoms. The molecule has 0 spiro atoms. The van der Waals surface area contributed by atoms with E-state index in [1.165, 1.54) is 0 Å². The van der Waals surface area contributed by atoms with Gasteiger partial charge in [0.25, 0.3) is 0 Å². The summed E-state index contributed by atoms with van der Waals surface area (Å²) in [6, 6.07) is 16.1. The van der Waals surface area contributed by atoms with Crippen LogP contribution in [0.5, 0.6) is 11.6 Å². The zero-order chi connectivity index (χ0) is 19.9. The first-order valence-corrected chi connectivity index (χ1v) is 8.47. The predicted molar refractivity (Wildman–Crippen MR) is 101 cm³/mol. The second-order valence-corrected chi connectivity index (χ2v) is 6.26. The Morgan fingerprint density at radius 2 is 2.00 bits per heavy atom. The molecule has 2 aromatic rings. The first-order valence-electron chi connectivity index (χ1n) is 8.47. The lowest BCUT2D eigenvalue weighted by Gasteiger charge is -2.37. The first kappa shape index (κ1) is 20.0. The maximum Gasteiger partial charge on any atom is 0.325 e. The van der Waals surface area contributed by atoms with Gasteiger partial charge in [0, 0.05) is 6.07 Å². The summed E-state index contributed by atoms with van der Waals surface area (Å²) in [6.07, 6.45) is 5.30. The highest BCUT2D eigenvalue weighted by molar-refractivity contribution is 5.81. The van der Waals surface area contributed by atoms with Crippen LogP contribution in [0, 0.1) is 29.6 Å². The lowest BCUT2D eigenvalue weighted by atomic mass is 9.74. The monoisotopic (exact) mass is 363 g/mol. The number of carbonyl (C=O) groups is 1. The molecule has 2 unspecified atom stereocenters. The third-order valence-corrected chi connectivity index (χ3v) is 4.34. The molecule has 0 aliphatic carbocycles. The number of aliphatic carboxylic acids is 1. The van der Waals surface area contributed by atoms with E-state index < -0.39 is 23.3 Å². The van der Waals surface area contributed by atoms with Crippen molar-refractivity contribution in [3.63, 3.8) is 0 Å². The lowest BCUT2D eigenvalue weighted by molar-refractivity contribution is -0.147. The molecule has 6 heteroatoms. The van der Waals surface area contributed by atoms with Crippen LogP contribution < -0.4 is 10.1 Å². The fourth-order valence-electron chi connectivity index (χ4n) is 2.94. The minimum atomic E-state index is -1.58. The molecule has 1 heterocycles. The van der Waals surface area contributed by atoms with Crippen LogP contribution in [0.15, 0.2) is 48.5 Å².